The zero-order valence-electron chi connectivity index (χ0n) is 16.9. The van der Waals surface area contributed by atoms with Crippen molar-refractivity contribution in [3.05, 3.63) is 81.8 Å². The minimum atomic E-state index is -4.72. The first-order valence-corrected chi connectivity index (χ1v) is 9.35. The van der Waals surface area contributed by atoms with Gasteiger partial charge in [0.25, 0.3) is 5.91 Å². The van der Waals surface area contributed by atoms with Gasteiger partial charge in [-0.15, -0.1) is 0 Å². The van der Waals surface area contributed by atoms with Gasteiger partial charge in [-0.05, 0) is 31.2 Å². The van der Waals surface area contributed by atoms with E-state index in [4.69, 9.17) is 0 Å². The Hall–Kier alpha value is -3.83. The highest BCUT2D eigenvalue weighted by molar-refractivity contribution is 6.04. The molecule has 1 heterocycles. The van der Waals surface area contributed by atoms with E-state index in [-0.39, 0.29) is 17.1 Å². The highest BCUT2D eigenvalue weighted by atomic mass is 19.4. The van der Waals surface area contributed by atoms with Gasteiger partial charge in [-0.1, -0.05) is 24.3 Å². The number of hydrogen-bond acceptors (Lipinski definition) is 4. The molecule has 0 saturated carbocycles. The molecule has 0 spiro atoms. The van der Waals surface area contributed by atoms with Gasteiger partial charge < -0.3 is 10.6 Å². The quantitative estimate of drug-likeness (QED) is 0.526. The van der Waals surface area contributed by atoms with E-state index < -0.39 is 47.2 Å². The molecule has 0 atom stereocenters. The molecular weight excluding hydrogens is 454 g/mol. The Morgan fingerprint density at radius 2 is 1.58 bits per heavy atom. The van der Waals surface area contributed by atoms with Crippen LogP contribution in [-0.2, 0) is 6.18 Å². The number of aromatic nitrogens is 2. The number of nitrogens with zero attached hydrogens (tertiary/aromatic N) is 2. The lowest BCUT2D eigenvalue weighted by Gasteiger charge is -2.17. The number of benzene rings is 2. The number of aryl methyl sites for hydroxylation is 1. The van der Waals surface area contributed by atoms with Crippen molar-refractivity contribution in [2.24, 2.45) is 0 Å². The molecular formula is C21H16F6N4O2. The van der Waals surface area contributed by atoms with Gasteiger partial charge in [0, 0.05) is 11.8 Å². The zero-order valence-corrected chi connectivity index (χ0v) is 16.9. The van der Waals surface area contributed by atoms with Gasteiger partial charge in [0.1, 0.15) is 6.54 Å². The number of para-hydroxylation sites is 3. The molecule has 3 rings (SSSR count). The molecule has 6 nitrogen and oxygen atoms in total. The maximum Gasteiger partial charge on any atom is 0.418 e. The molecule has 0 bridgehead atoms. The Morgan fingerprint density at radius 1 is 0.970 bits per heavy atom. The molecule has 3 aromatic rings. The lowest BCUT2D eigenvalue weighted by Crippen LogP contribution is -2.28. The fourth-order valence-electron chi connectivity index (χ4n) is 2.97. The summed E-state index contributed by atoms with van der Waals surface area (Å²) in [5, 5.41) is 8.23. The van der Waals surface area contributed by atoms with Crippen molar-refractivity contribution in [2.75, 3.05) is 17.2 Å². The molecule has 12 heteroatoms. The number of carbonyl (C=O) groups excluding carboxylic acids is 1. The van der Waals surface area contributed by atoms with Crippen molar-refractivity contribution in [1.29, 1.82) is 0 Å². The van der Waals surface area contributed by atoms with Crippen LogP contribution in [0.25, 0.3) is 5.69 Å². The van der Waals surface area contributed by atoms with Gasteiger partial charge in [-0.25, -0.2) is 4.68 Å². The molecule has 33 heavy (non-hydrogen) atoms. The van der Waals surface area contributed by atoms with Crippen molar-refractivity contribution in [3.63, 3.8) is 0 Å². The number of rotatable bonds is 5. The van der Waals surface area contributed by atoms with Crippen LogP contribution >= 0.6 is 0 Å². The van der Waals surface area contributed by atoms with Gasteiger partial charge in [0.05, 0.1) is 22.6 Å². The summed E-state index contributed by atoms with van der Waals surface area (Å²) >= 11 is 0. The van der Waals surface area contributed by atoms with Crippen LogP contribution in [0.3, 0.4) is 0 Å². The predicted octanol–water partition coefficient (Wildman–Crippen LogP) is 4.79. The molecule has 0 radical (unpaired) electrons. The summed E-state index contributed by atoms with van der Waals surface area (Å²) in [5.41, 5.74) is -3.13. The van der Waals surface area contributed by atoms with E-state index in [0.29, 0.717) is 0 Å². The number of anilines is 2. The van der Waals surface area contributed by atoms with Crippen LogP contribution in [-0.4, -0.2) is 28.4 Å². The number of nitrogens with one attached hydrogen (secondary N) is 2. The van der Waals surface area contributed by atoms with Gasteiger partial charge in [-0.3, -0.25) is 9.59 Å². The second-order valence-corrected chi connectivity index (χ2v) is 6.89. The lowest BCUT2D eigenvalue weighted by molar-refractivity contribution is -0.137. The van der Waals surface area contributed by atoms with Crippen LogP contribution in [0.2, 0.25) is 0 Å². The first kappa shape index (κ1) is 23.8. The average Bonchev–Trinajstić information content (AvgIpc) is 2.72. The molecule has 0 aliphatic rings. The van der Waals surface area contributed by atoms with Crippen LogP contribution in [0.1, 0.15) is 21.7 Å². The molecule has 0 fully saturated rings. The third kappa shape index (κ3) is 5.70. The number of alkyl halides is 6. The van der Waals surface area contributed by atoms with Crippen molar-refractivity contribution in [1.82, 2.24) is 9.78 Å². The zero-order chi connectivity index (χ0) is 24.4. The van der Waals surface area contributed by atoms with E-state index in [0.717, 1.165) is 22.9 Å². The predicted molar refractivity (Wildman–Crippen MR) is 109 cm³/mol. The highest BCUT2D eigenvalue weighted by Crippen LogP contribution is 2.33. The Kier molecular flexibility index (Phi) is 6.47. The summed E-state index contributed by atoms with van der Waals surface area (Å²) in [7, 11) is 0. The standard InChI is InChI=1S/C21H16F6N4O2/c1-12-10-17(32)18(30-31(12)16-9-5-2-6-13(16)21(25,26)27)19(33)29-15-8-4-3-7-14(15)28-11-20(22,23)24/h2-10,28H,11H2,1H3,(H,29,33). The van der Waals surface area contributed by atoms with Gasteiger partial charge in [0.15, 0.2) is 5.69 Å². The Morgan fingerprint density at radius 3 is 2.21 bits per heavy atom. The maximum absolute atomic E-state index is 13.4. The van der Waals surface area contributed by atoms with Crippen molar-refractivity contribution >= 4 is 17.3 Å². The van der Waals surface area contributed by atoms with Crippen LogP contribution in [0.15, 0.2) is 59.4 Å². The monoisotopic (exact) mass is 470 g/mol. The largest absolute Gasteiger partial charge is 0.418 e. The van der Waals surface area contributed by atoms with E-state index in [1.165, 1.54) is 43.3 Å². The smallest absolute Gasteiger partial charge is 0.375 e. The van der Waals surface area contributed by atoms with Crippen molar-refractivity contribution < 1.29 is 31.1 Å². The third-order valence-corrected chi connectivity index (χ3v) is 4.41. The molecule has 0 aliphatic carbocycles. The van der Waals surface area contributed by atoms with Gasteiger partial charge in [-0.2, -0.15) is 31.4 Å². The number of halogens is 6. The van der Waals surface area contributed by atoms with Crippen LogP contribution in [0, 0.1) is 6.92 Å². The molecule has 0 aliphatic heterocycles. The summed E-state index contributed by atoms with van der Waals surface area (Å²) in [4.78, 5) is 25.1. The van der Waals surface area contributed by atoms with E-state index in [2.05, 4.69) is 15.7 Å². The molecule has 1 amide bonds. The highest BCUT2D eigenvalue weighted by Gasteiger charge is 2.34. The minimum Gasteiger partial charge on any atom is -0.375 e. The van der Waals surface area contributed by atoms with Crippen LogP contribution in [0.5, 0.6) is 0 Å². The van der Waals surface area contributed by atoms with Crippen molar-refractivity contribution in [3.8, 4) is 5.69 Å². The summed E-state index contributed by atoms with van der Waals surface area (Å²) in [5.74, 6) is -1.10. The normalized spacial score (nSPS) is 11.8. The fraction of sp³-hybridized carbons (Fsp3) is 0.190. The maximum atomic E-state index is 13.4. The van der Waals surface area contributed by atoms with Crippen LogP contribution in [0.4, 0.5) is 37.7 Å². The number of carbonyl (C=O) groups is 1. The summed E-state index contributed by atoms with van der Waals surface area (Å²) in [6, 6.07) is 10.9. The van der Waals surface area contributed by atoms with Crippen molar-refractivity contribution in [2.45, 2.75) is 19.3 Å². The Balaban J connectivity index is 1.99. The fourth-order valence-corrected chi connectivity index (χ4v) is 2.97. The molecule has 0 unspecified atom stereocenters. The minimum absolute atomic E-state index is 0.0421. The Bertz CT molecular complexity index is 1230. The lowest BCUT2D eigenvalue weighted by atomic mass is 10.1. The van der Waals surface area contributed by atoms with E-state index >= 15 is 0 Å². The molecule has 1 aromatic heterocycles. The summed E-state index contributed by atoms with van der Waals surface area (Å²) in [6.45, 7) is -0.0245. The topological polar surface area (TPSA) is 76.0 Å². The summed E-state index contributed by atoms with van der Waals surface area (Å²) < 4.78 is 78.7. The van der Waals surface area contributed by atoms with Gasteiger partial charge in [0.2, 0.25) is 5.43 Å². The third-order valence-electron chi connectivity index (χ3n) is 4.41. The summed E-state index contributed by atoms with van der Waals surface area (Å²) in [6.07, 6.45) is -9.24. The second-order valence-electron chi connectivity index (χ2n) is 6.89. The van der Waals surface area contributed by atoms with Crippen LogP contribution < -0.4 is 16.1 Å². The first-order chi connectivity index (χ1) is 15.4. The second kappa shape index (κ2) is 8.96. The average molecular weight is 470 g/mol. The molecule has 2 N–H and O–H groups in total. The van der Waals surface area contributed by atoms with E-state index in [9.17, 15) is 35.9 Å². The Labute approximate surface area is 182 Å². The number of hydrogen-bond donors (Lipinski definition) is 2. The molecule has 2 aromatic carbocycles. The first-order valence-electron chi connectivity index (χ1n) is 9.35. The van der Waals surface area contributed by atoms with E-state index in [1.807, 2.05) is 0 Å². The SMILES string of the molecule is Cc1cc(=O)c(C(=O)Nc2ccccc2NCC(F)(F)F)nn1-c1ccccc1C(F)(F)F. The van der Waals surface area contributed by atoms with E-state index in [1.54, 1.807) is 0 Å². The van der Waals surface area contributed by atoms with Gasteiger partial charge >= 0.3 is 12.4 Å². The number of amides is 1. The molecule has 174 valence electrons. The molecule has 0 saturated heterocycles.